The van der Waals surface area contributed by atoms with Gasteiger partial charge < -0.3 is 28.5 Å². The number of hydrogen-bond acceptors (Lipinski definition) is 7. The summed E-state index contributed by atoms with van der Waals surface area (Å²) < 4.78 is 22.8. The van der Waals surface area contributed by atoms with E-state index < -0.39 is 24.3 Å². The summed E-state index contributed by atoms with van der Waals surface area (Å²) in [5, 5.41) is 9.70. The third kappa shape index (κ3) is 55.2. The third-order valence-electron chi connectivity index (χ3n) is 11.6. The number of quaternary nitrogens is 1. The number of ether oxygens (including phenoxy) is 4. The highest BCUT2D eigenvalue weighted by atomic mass is 16.7. The van der Waals surface area contributed by atoms with Gasteiger partial charge in [0.05, 0.1) is 34.4 Å². The van der Waals surface area contributed by atoms with Crippen molar-refractivity contribution >= 4 is 17.9 Å². The first kappa shape index (κ1) is 69.4. The molecule has 0 saturated carbocycles. The Morgan fingerprint density at radius 1 is 0.419 bits per heavy atom. The fraction of sp³-hybridized carbons (Fsp3) is 0.615. The molecule has 0 saturated heterocycles. The number of allylic oxidation sites excluding steroid dienone is 22. The van der Waals surface area contributed by atoms with Gasteiger partial charge in [-0.05, 0) is 116 Å². The smallest absolute Gasteiger partial charge is 0.361 e. The Balaban J connectivity index is 4.38. The molecule has 0 spiro atoms. The van der Waals surface area contributed by atoms with E-state index in [4.69, 9.17) is 18.9 Å². The van der Waals surface area contributed by atoms with Crippen molar-refractivity contribution in [3.05, 3.63) is 134 Å². The molecule has 0 amide bonds. The van der Waals surface area contributed by atoms with Gasteiger partial charge in [-0.15, -0.1) is 0 Å². The second-order valence-corrected chi connectivity index (χ2v) is 19.9. The number of carboxylic acid groups (broad SMARTS) is 1. The van der Waals surface area contributed by atoms with Gasteiger partial charge in [0, 0.05) is 12.8 Å². The van der Waals surface area contributed by atoms with E-state index in [0.717, 1.165) is 116 Å². The van der Waals surface area contributed by atoms with Gasteiger partial charge in [0.2, 0.25) is 0 Å². The van der Waals surface area contributed by atoms with Gasteiger partial charge in [-0.3, -0.25) is 9.59 Å². The number of hydrogen-bond donors (Lipinski definition) is 1. The van der Waals surface area contributed by atoms with Crippen molar-refractivity contribution in [1.82, 2.24) is 0 Å². The monoisotopic (exact) mass is 1030 g/mol. The Morgan fingerprint density at radius 3 is 1.16 bits per heavy atom. The first-order valence-corrected chi connectivity index (χ1v) is 28.8. The van der Waals surface area contributed by atoms with E-state index in [1.54, 1.807) is 0 Å². The van der Waals surface area contributed by atoms with Crippen LogP contribution in [-0.2, 0) is 33.3 Å². The van der Waals surface area contributed by atoms with E-state index >= 15 is 0 Å². The average molecular weight is 1030 g/mol. The minimum absolute atomic E-state index is 0.172. The van der Waals surface area contributed by atoms with Crippen molar-refractivity contribution in [2.75, 3.05) is 47.5 Å². The summed E-state index contributed by atoms with van der Waals surface area (Å²) in [7, 11) is 5.94. The summed E-state index contributed by atoms with van der Waals surface area (Å²) in [6.07, 6.45) is 75.2. The summed E-state index contributed by atoms with van der Waals surface area (Å²) >= 11 is 0. The van der Waals surface area contributed by atoms with E-state index in [2.05, 4.69) is 148 Å². The molecule has 9 heteroatoms. The third-order valence-corrected chi connectivity index (χ3v) is 11.6. The van der Waals surface area contributed by atoms with Crippen molar-refractivity contribution in [3.63, 3.8) is 0 Å². The molecular formula is C65H106NO8+. The van der Waals surface area contributed by atoms with Crippen LogP contribution in [0.25, 0.3) is 0 Å². The molecule has 0 aromatic heterocycles. The van der Waals surface area contributed by atoms with Gasteiger partial charge in [0.15, 0.2) is 6.10 Å². The summed E-state index contributed by atoms with van der Waals surface area (Å²) in [5.41, 5.74) is 0. The first-order chi connectivity index (χ1) is 36.1. The summed E-state index contributed by atoms with van der Waals surface area (Å²) in [6, 6.07) is 0. The molecule has 0 aliphatic rings. The predicted molar refractivity (Wildman–Crippen MR) is 313 cm³/mol. The topological polar surface area (TPSA) is 108 Å². The molecule has 0 fully saturated rings. The van der Waals surface area contributed by atoms with Crippen molar-refractivity contribution in [3.8, 4) is 0 Å². The molecule has 1 N–H and O–H groups in total. The van der Waals surface area contributed by atoms with E-state index in [-0.39, 0.29) is 38.6 Å². The molecule has 418 valence electrons. The van der Waals surface area contributed by atoms with E-state index in [0.29, 0.717) is 17.4 Å². The highest BCUT2D eigenvalue weighted by Crippen LogP contribution is 2.13. The highest BCUT2D eigenvalue weighted by molar-refractivity contribution is 5.71. The number of rotatable bonds is 51. The zero-order valence-electron chi connectivity index (χ0n) is 47.4. The van der Waals surface area contributed by atoms with Crippen LogP contribution in [0.15, 0.2) is 134 Å². The van der Waals surface area contributed by atoms with Crippen molar-refractivity contribution in [1.29, 1.82) is 0 Å². The average Bonchev–Trinajstić information content (AvgIpc) is 3.37. The van der Waals surface area contributed by atoms with Gasteiger partial charge in [0.25, 0.3) is 6.29 Å². The first-order valence-electron chi connectivity index (χ1n) is 28.8. The zero-order chi connectivity index (χ0) is 54.1. The minimum Gasteiger partial charge on any atom is -0.477 e. The van der Waals surface area contributed by atoms with E-state index in [1.807, 2.05) is 21.1 Å². The lowest BCUT2D eigenvalue weighted by molar-refractivity contribution is -0.870. The fourth-order valence-corrected chi connectivity index (χ4v) is 7.21. The molecule has 9 nitrogen and oxygen atoms in total. The normalized spacial score (nSPS) is 13.8. The minimum atomic E-state index is -1.53. The van der Waals surface area contributed by atoms with Crippen molar-refractivity contribution in [2.24, 2.45) is 0 Å². The number of carboxylic acids is 1. The molecule has 0 rings (SSSR count). The molecule has 0 aromatic rings. The van der Waals surface area contributed by atoms with Crippen LogP contribution < -0.4 is 0 Å². The van der Waals surface area contributed by atoms with Crippen LogP contribution in [0.4, 0.5) is 0 Å². The van der Waals surface area contributed by atoms with Crippen LogP contribution in [0.1, 0.15) is 200 Å². The molecule has 0 heterocycles. The van der Waals surface area contributed by atoms with Crippen LogP contribution in [0.5, 0.6) is 0 Å². The Kier molecular flexibility index (Phi) is 51.3. The van der Waals surface area contributed by atoms with Gasteiger partial charge in [-0.1, -0.05) is 205 Å². The summed E-state index contributed by atoms with van der Waals surface area (Å²) in [6.45, 7) is 4.67. The number of nitrogens with zero attached hydrogens (tertiary/aromatic N) is 1. The Hall–Kier alpha value is -4.57. The van der Waals surface area contributed by atoms with Crippen LogP contribution >= 0.6 is 0 Å². The van der Waals surface area contributed by atoms with E-state index in [9.17, 15) is 19.5 Å². The Labute approximate surface area is 452 Å². The summed E-state index contributed by atoms with van der Waals surface area (Å²) in [4.78, 5) is 37.4. The quantitative estimate of drug-likeness (QED) is 0.0211. The SMILES string of the molecule is CC/C=C\C/C=C\C/C=C\C/C=C\C/C=C\C/C=C\C/C=C\C/C=C\C/C=C\CCCCCC(=O)OC(COC(=O)CCCCCCCCC/C=C\C/C=C\CCCCCC)COC(OCC[N+](C)(C)C)C(=O)O. The van der Waals surface area contributed by atoms with Gasteiger partial charge in [-0.2, -0.15) is 0 Å². The number of esters is 2. The lowest BCUT2D eigenvalue weighted by Gasteiger charge is -2.25. The number of aliphatic carboxylic acids is 1. The maximum absolute atomic E-state index is 12.9. The Bertz CT molecular complexity index is 1670. The van der Waals surface area contributed by atoms with Crippen molar-refractivity contribution < 1.29 is 42.9 Å². The van der Waals surface area contributed by atoms with Gasteiger partial charge in [0.1, 0.15) is 13.2 Å². The molecule has 74 heavy (non-hydrogen) atoms. The number of carbonyl (C=O) groups excluding carboxylic acids is 2. The second kappa shape index (κ2) is 54.7. The van der Waals surface area contributed by atoms with E-state index in [1.165, 1.54) is 51.4 Å². The maximum Gasteiger partial charge on any atom is 0.361 e. The lowest BCUT2D eigenvalue weighted by Crippen LogP contribution is -2.40. The molecular weight excluding hydrogens is 923 g/mol. The van der Waals surface area contributed by atoms with Crippen LogP contribution in [0.3, 0.4) is 0 Å². The van der Waals surface area contributed by atoms with Gasteiger partial charge in [-0.25, -0.2) is 4.79 Å². The molecule has 0 bridgehead atoms. The predicted octanol–water partition coefficient (Wildman–Crippen LogP) is 17.1. The standard InChI is InChI=1S/C65H105NO8/c1-6-8-10-12-14-16-18-20-22-24-26-27-28-29-30-31-32-33-34-35-36-37-38-40-42-44-46-48-50-52-54-56-63(68)74-61(60-73-65(64(69)70)71-58-57-66(3,4)5)59-72-62(67)55-53-51-49-47-45-43-41-39-25-23-21-19-17-15-13-11-9-7-2/h8,10,14,16-17,19-20,22-23,25-27,29-30,32-33,35-36,38,40,44,46,61,65H,6-7,9,11-13,15,18,21,24,28,31,34,37,39,41-43,45,47-60H2,1-5H3/p+1/b10-8-,16-14-,19-17-,22-20-,25-23-,27-26-,30-29-,33-32-,36-35-,40-38-,46-44-. The zero-order valence-corrected chi connectivity index (χ0v) is 47.4. The molecule has 0 aliphatic heterocycles. The largest absolute Gasteiger partial charge is 0.477 e. The number of carbonyl (C=O) groups is 3. The molecule has 0 radical (unpaired) electrons. The van der Waals surface area contributed by atoms with Crippen LogP contribution in [-0.4, -0.2) is 87.4 Å². The van der Waals surface area contributed by atoms with Crippen LogP contribution in [0, 0.1) is 0 Å². The van der Waals surface area contributed by atoms with Crippen LogP contribution in [0.2, 0.25) is 0 Å². The Morgan fingerprint density at radius 2 is 0.770 bits per heavy atom. The van der Waals surface area contributed by atoms with Gasteiger partial charge >= 0.3 is 17.9 Å². The highest BCUT2D eigenvalue weighted by Gasteiger charge is 2.25. The molecule has 0 aliphatic carbocycles. The number of likely N-dealkylation sites (N-methyl/N-ethyl adjacent to an activating group) is 1. The fourth-order valence-electron chi connectivity index (χ4n) is 7.21. The number of unbranched alkanes of at least 4 members (excludes halogenated alkanes) is 14. The van der Waals surface area contributed by atoms with Crippen molar-refractivity contribution in [2.45, 2.75) is 212 Å². The second-order valence-electron chi connectivity index (χ2n) is 19.9. The molecule has 0 aromatic carbocycles. The molecule has 2 atom stereocenters. The summed E-state index contributed by atoms with van der Waals surface area (Å²) in [5.74, 6) is -2.08. The lowest BCUT2D eigenvalue weighted by atomic mass is 10.1. The maximum atomic E-state index is 12.9. The molecule has 2 unspecified atom stereocenters.